The molecule has 1 saturated heterocycles. The summed E-state index contributed by atoms with van der Waals surface area (Å²) in [4.78, 5) is 23.7. The van der Waals surface area contributed by atoms with Gasteiger partial charge in [0.1, 0.15) is 11.5 Å². The van der Waals surface area contributed by atoms with E-state index in [1.54, 1.807) is 24.3 Å². The summed E-state index contributed by atoms with van der Waals surface area (Å²) in [6.07, 6.45) is 2.22. The van der Waals surface area contributed by atoms with Gasteiger partial charge in [0, 0.05) is 12.6 Å². The number of amides is 2. The van der Waals surface area contributed by atoms with Crippen molar-refractivity contribution in [2.45, 2.75) is 52.2 Å². The first-order chi connectivity index (χ1) is 12.0. The summed E-state index contributed by atoms with van der Waals surface area (Å²) in [5.41, 5.74) is 0. The van der Waals surface area contributed by atoms with Crippen LogP contribution in [0, 0.1) is 5.92 Å². The first-order valence-corrected chi connectivity index (χ1v) is 8.92. The molecule has 6 nitrogen and oxygen atoms in total. The molecule has 2 rings (SSSR count). The van der Waals surface area contributed by atoms with Crippen LogP contribution in [0.25, 0.3) is 0 Å². The maximum atomic E-state index is 11.9. The number of hydrogen-bond acceptors (Lipinski definition) is 4. The van der Waals surface area contributed by atoms with Crippen molar-refractivity contribution < 1.29 is 19.1 Å². The molecule has 6 heteroatoms. The molecule has 2 N–H and O–H groups in total. The summed E-state index contributed by atoms with van der Waals surface area (Å²) in [7, 11) is 0. The van der Waals surface area contributed by atoms with E-state index in [1.165, 1.54) is 0 Å². The molecule has 0 unspecified atom stereocenters. The van der Waals surface area contributed by atoms with Crippen molar-refractivity contribution in [1.29, 1.82) is 0 Å². The van der Waals surface area contributed by atoms with Crippen LogP contribution in [0.1, 0.15) is 40.0 Å². The lowest BCUT2D eigenvalue weighted by Gasteiger charge is -2.18. The van der Waals surface area contributed by atoms with Crippen LogP contribution in [0.5, 0.6) is 11.5 Å². The SMILES string of the molecule is CC(C)[C@H](C)NC(=O)COc1ccc(O[C@@H]2CCCCNC2=O)cc1. The lowest BCUT2D eigenvalue weighted by molar-refractivity contribution is -0.127. The van der Waals surface area contributed by atoms with Crippen LogP contribution in [0.3, 0.4) is 0 Å². The molecule has 0 radical (unpaired) electrons. The fourth-order valence-electron chi connectivity index (χ4n) is 2.41. The van der Waals surface area contributed by atoms with E-state index >= 15 is 0 Å². The van der Waals surface area contributed by atoms with Gasteiger partial charge in [-0.3, -0.25) is 9.59 Å². The van der Waals surface area contributed by atoms with Crippen molar-refractivity contribution >= 4 is 11.8 Å². The molecule has 1 fully saturated rings. The molecule has 0 bridgehead atoms. The summed E-state index contributed by atoms with van der Waals surface area (Å²) in [6.45, 7) is 6.77. The van der Waals surface area contributed by atoms with Gasteiger partial charge in [0.25, 0.3) is 11.8 Å². The van der Waals surface area contributed by atoms with Gasteiger partial charge in [0.05, 0.1) is 0 Å². The summed E-state index contributed by atoms with van der Waals surface area (Å²) in [6, 6.07) is 7.09. The van der Waals surface area contributed by atoms with Gasteiger partial charge in [-0.2, -0.15) is 0 Å². The second-order valence-electron chi connectivity index (χ2n) is 6.75. The Morgan fingerprint density at radius 2 is 1.88 bits per heavy atom. The molecule has 1 aliphatic rings. The van der Waals surface area contributed by atoms with E-state index in [1.807, 2.05) is 6.92 Å². The second-order valence-corrected chi connectivity index (χ2v) is 6.75. The average Bonchev–Trinajstić information content (AvgIpc) is 2.79. The summed E-state index contributed by atoms with van der Waals surface area (Å²) >= 11 is 0. The summed E-state index contributed by atoms with van der Waals surface area (Å²) in [5.74, 6) is 1.38. The molecule has 0 aromatic heterocycles. The molecule has 0 saturated carbocycles. The zero-order valence-electron chi connectivity index (χ0n) is 15.2. The number of carbonyl (C=O) groups is 2. The Morgan fingerprint density at radius 3 is 2.56 bits per heavy atom. The monoisotopic (exact) mass is 348 g/mol. The second kappa shape index (κ2) is 9.30. The molecular weight excluding hydrogens is 320 g/mol. The van der Waals surface area contributed by atoms with Crippen molar-refractivity contribution in [3.63, 3.8) is 0 Å². The van der Waals surface area contributed by atoms with Gasteiger partial charge < -0.3 is 20.1 Å². The molecule has 1 heterocycles. The highest BCUT2D eigenvalue weighted by Gasteiger charge is 2.22. The van der Waals surface area contributed by atoms with E-state index < -0.39 is 6.10 Å². The predicted molar refractivity (Wildman–Crippen MR) is 95.7 cm³/mol. The molecule has 1 aromatic rings. The Bertz CT molecular complexity index is 571. The van der Waals surface area contributed by atoms with Gasteiger partial charge in [-0.05, 0) is 56.4 Å². The first kappa shape index (κ1) is 19.1. The number of benzene rings is 1. The smallest absolute Gasteiger partial charge is 0.261 e. The van der Waals surface area contributed by atoms with E-state index in [-0.39, 0.29) is 24.5 Å². The van der Waals surface area contributed by atoms with Gasteiger partial charge in [-0.15, -0.1) is 0 Å². The van der Waals surface area contributed by atoms with E-state index in [4.69, 9.17) is 9.47 Å². The third kappa shape index (κ3) is 6.29. The molecule has 138 valence electrons. The first-order valence-electron chi connectivity index (χ1n) is 8.92. The number of carbonyl (C=O) groups excluding carboxylic acids is 2. The minimum absolute atomic E-state index is 0.0255. The van der Waals surface area contributed by atoms with Crippen LogP contribution < -0.4 is 20.1 Å². The minimum atomic E-state index is -0.447. The average molecular weight is 348 g/mol. The molecule has 2 amide bonds. The lowest BCUT2D eigenvalue weighted by Crippen LogP contribution is -2.38. The van der Waals surface area contributed by atoms with E-state index in [2.05, 4.69) is 24.5 Å². The fourth-order valence-corrected chi connectivity index (χ4v) is 2.41. The van der Waals surface area contributed by atoms with Crippen molar-refractivity contribution in [2.24, 2.45) is 5.92 Å². The van der Waals surface area contributed by atoms with Crippen LogP contribution in [0.2, 0.25) is 0 Å². The quantitative estimate of drug-likeness (QED) is 0.792. The van der Waals surface area contributed by atoms with Gasteiger partial charge >= 0.3 is 0 Å². The van der Waals surface area contributed by atoms with E-state index in [0.717, 1.165) is 19.3 Å². The number of nitrogens with one attached hydrogen (secondary N) is 2. The van der Waals surface area contributed by atoms with Crippen molar-refractivity contribution in [3.05, 3.63) is 24.3 Å². The normalized spacial score (nSPS) is 18.9. The van der Waals surface area contributed by atoms with Gasteiger partial charge in [-0.1, -0.05) is 13.8 Å². The van der Waals surface area contributed by atoms with Crippen molar-refractivity contribution in [3.8, 4) is 11.5 Å². The summed E-state index contributed by atoms with van der Waals surface area (Å²) in [5, 5.41) is 5.74. The third-order valence-corrected chi connectivity index (χ3v) is 4.35. The van der Waals surface area contributed by atoms with Crippen molar-refractivity contribution in [1.82, 2.24) is 10.6 Å². The Hall–Kier alpha value is -2.24. The van der Waals surface area contributed by atoms with E-state index in [0.29, 0.717) is 24.0 Å². The standard InChI is InChI=1S/C19H28N2O4/c1-13(2)14(3)21-18(22)12-24-15-7-9-16(10-8-15)25-17-6-4-5-11-20-19(17)23/h7-10,13-14,17H,4-6,11-12H2,1-3H3,(H,20,23)(H,21,22)/t14-,17+/m0/s1. The predicted octanol–water partition coefficient (Wildman–Crippen LogP) is 2.27. The Morgan fingerprint density at radius 1 is 1.20 bits per heavy atom. The van der Waals surface area contributed by atoms with Gasteiger partial charge in [0.15, 0.2) is 12.7 Å². The molecule has 1 aromatic carbocycles. The zero-order chi connectivity index (χ0) is 18.2. The van der Waals surface area contributed by atoms with Crippen LogP contribution in [-0.2, 0) is 9.59 Å². The van der Waals surface area contributed by atoms with Crippen LogP contribution in [0.4, 0.5) is 0 Å². The molecule has 25 heavy (non-hydrogen) atoms. The fraction of sp³-hybridized carbons (Fsp3) is 0.579. The molecule has 2 atom stereocenters. The molecule has 0 spiro atoms. The Kier molecular flexibility index (Phi) is 7.10. The minimum Gasteiger partial charge on any atom is -0.484 e. The van der Waals surface area contributed by atoms with Crippen LogP contribution >= 0.6 is 0 Å². The maximum absolute atomic E-state index is 11.9. The number of rotatable bonds is 7. The summed E-state index contributed by atoms with van der Waals surface area (Å²) < 4.78 is 11.2. The van der Waals surface area contributed by atoms with Crippen LogP contribution in [0.15, 0.2) is 24.3 Å². The highest BCUT2D eigenvalue weighted by atomic mass is 16.5. The lowest BCUT2D eigenvalue weighted by atomic mass is 10.1. The zero-order valence-corrected chi connectivity index (χ0v) is 15.2. The third-order valence-electron chi connectivity index (χ3n) is 4.35. The topological polar surface area (TPSA) is 76.7 Å². The molecular formula is C19H28N2O4. The molecule has 0 aliphatic carbocycles. The van der Waals surface area contributed by atoms with E-state index in [9.17, 15) is 9.59 Å². The van der Waals surface area contributed by atoms with Gasteiger partial charge in [0.2, 0.25) is 0 Å². The number of hydrogen-bond donors (Lipinski definition) is 2. The van der Waals surface area contributed by atoms with Crippen molar-refractivity contribution in [2.75, 3.05) is 13.2 Å². The highest BCUT2D eigenvalue weighted by Crippen LogP contribution is 2.20. The van der Waals surface area contributed by atoms with Gasteiger partial charge in [-0.25, -0.2) is 0 Å². The Labute approximate surface area is 149 Å². The largest absolute Gasteiger partial charge is 0.484 e. The molecule has 1 aliphatic heterocycles. The number of ether oxygens (including phenoxy) is 2. The highest BCUT2D eigenvalue weighted by molar-refractivity contribution is 5.81. The van der Waals surface area contributed by atoms with Crippen LogP contribution in [-0.4, -0.2) is 37.1 Å². The maximum Gasteiger partial charge on any atom is 0.261 e. The Balaban J connectivity index is 1.81.